The SMILES string of the molecule is CCOc1ccc(C(Cc2ccc(F)c(Oc3ccccc3)c2)(SC(Cc2ccc(F)c(Oc3ccccc3)c2)(c2ccc(OCC)cc2)C2CC2Cl)C2CC2Cl)cc1. The summed E-state index contributed by atoms with van der Waals surface area (Å²) < 4.78 is 53.8. The summed E-state index contributed by atoms with van der Waals surface area (Å²) in [6, 6.07) is 45.4. The minimum Gasteiger partial charge on any atom is -0.494 e. The maximum atomic E-state index is 15.5. The first-order valence-electron chi connectivity index (χ1n) is 20.2. The van der Waals surface area contributed by atoms with Gasteiger partial charge in [-0.2, -0.15) is 0 Å². The number of hydrogen-bond acceptors (Lipinski definition) is 5. The second-order valence-electron chi connectivity index (χ2n) is 15.2. The number of halogens is 4. The van der Waals surface area contributed by atoms with Crippen molar-refractivity contribution in [2.45, 2.75) is 59.8 Å². The van der Waals surface area contributed by atoms with Gasteiger partial charge in [0.05, 0.1) is 13.2 Å². The molecule has 0 aromatic heterocycles. The average Bonchev–Trinajstić information content (AvgIpc) is 4.18. The van der Waals surface area contributed by atoms with Crippen LogP contribution in [0.5, 0.6) is 34.5 Å². The molecule has 6 aromatic rings. The molecule has 2 fully saturated rings. The Morgan fingerprint density at radius 1 is 0.525 bits per heavy atom. The molecule has 0 bridgehead atoms. The van der Waals surface area contributed by atoms with Crippen molar-refractivity contribution >= 4 is 35.0 Å². The second kappa shape index (κ2) is 17.9. The fraction of sp³-hybridized carbons (Fsp3) is 0.280. The van der Waals surface area contributed by atoms with Crippen molar-refractivity contribution < 1.29 is 27.7 Å². The van der Waals surface area contributed by atoms with E-state index in [1.807, 2.05) is 135 Å². The highest BCUT2D eigenvalue weighted by molar-refractivity contribution is 8.01. The van der Waals surface area contributed by atoms with Crippen molar-refractivity contribution in [2.24, 2.45) is 11.8 Å². The molecule has 4 nitrogen and oxygen atoms in total. The molecule has 8 rings (SSSR count). The highest BCUT2D eigenvalue weighted by Crippen LogP contribution is 2.68. The summed E-state index contributed by atoms with van der Waals surface area (Å²) in [5, 5.41) is -0.203. The van der Waals surface area contributed by atoms with Gasteiger partial charge in [-0.3, -0.25) is 0 Å². The van der Waals surface area contributed by atoms with Crippen molar-refractivity contribution in [3.8, 4) is 34.5 Å². The van der Waals surface area contributed by atoms with Crippen LogP contribution in [-0.4, -0.2) is 24.0 Å². The Morgan fingerprint density at radius 3 is 1.24 bits per heavy atom. The Bertz CT molecular complexity index is 2170. The Labute approximate surface area is 359 Å². The molecule has 6 atom stereocenters. The minimum atomic E-state index is -0.653. The van der Waals surface area contributed by atoms with Crippen molar-refractivity contribution in [3.63, 3.8) is 0 Å². The van der Waals surface area contributed by atoms with Gasteiger partial charge in [-0.15, -0.1) is 35.0 Å². The number of thioether (sulfide) groups is 1. The fourth-order valence-corrected chi connectivity index (χ4v) is 11.6. The minimum absolute atomic E-state index is 0.0375. The Kier molecular flexibility index (Phi) is 12.4. The third kappa shape index (κ3) is 9.23. The largest absolute Gasteiger partial charge is 0.494 e. The number of rotatable bonds is 18. The predicted molar refractivity (Wildman–Crippen MR) is 235 cm³/mol. The molecule has 0 radical (unpaired) electrons. The molecule has 59 heavy (non-hydrogen) atoms. The van der Waals surface area contributed by atoms with Crippen molar-refractivity contribution in [1.29, 1.82) is 0 Å². The van der Waals surface area contributed by atoms with Gasteiger partial charge < -0.3 is 18.9 Å². The molecular formula is C50H46Cl2F2O4S. The third-order valence-corrected chi connectivity index (χ3v) is 14.2. The Hall–Kier alpha value is -4.69. The van der Waals surface area contributed by atoms with Crippen LogP contribution < -0.4 is 18.9 Å². The van der Waals surface area contributed by atoms with Crippen LogP contribution in [0.3, 0.4) is 0 Å². The van der Waals surface area contributed by atoms with Gasteiger partial charge in [-0.25, -0.2) is 8.78 Å². The number of hydrogen-bond donors (Lipinski definition) is 0. The molecule has 6 unspecified atom stereocenters. The molecular weight excluding hydrogens is 806 g/mol. The van der Waals surface area contributed by atoms with Gasteiger partial charge in [-0.1, -0.05) is 72.8 Å². The van der Waals surface area contributed by atoms with Crippen LogP contribution >= 0.6 is 35.0 Å². The van der Waals surface area contributed by atoms with Gasteiger partial charge in [-0.05, 0) is 146 Å². The molecule has 0 saturated heterocycles. The van der Waals surface area contributed by atoms with E-state index in [-0.39, 0.29) is 34.1 Å². The zero-order valence-electron chi connectivity index (χ0n) is 33.0. The van der Waals surface area contributed by atoms with Gasteiger partial charge >= 0.3 is 0 Å². The van der Waals surface area contributed by atoms with E-state index in [4.69, 9.17) is 42.1 Å². The molecule has 2 aliphatic carbocycles. The molecule has 0 amide bonds. The fourth-order valence-electron chi connectivity index (χ4n) is 8.16. The van der Waals surface area contributed by atoms with E-state index in [0.717, 1.165) is 46.6 Å². The molecule has 2 aliphatic rings. The standard InChI is InChI=1S/C50H46Cl2F2O4S/c1-3-55-37-21-17-35(18-22-37)49(41-29-43(41)51,31-33-15-25-45(53)47(27-33)57-39-11-7-5-8-12-39)59-50(42-30-44(42)52,36-19-23-38(24-20-36)56-4-2)32-34-16-26-46(54)48(28-34)58-40-13-9-6-10-14-40/h5-28,41-44H,3-4,29-32H2,1-2H3. The summed E-state index contributed by atoms with van der Waals surface area (Å²) in [7, 11) is 0. The zero-order chi connectivity index (χ0) is 41.0. The van der Waals surface area contributed by atoms with E-state index in [1.54, 1.807) is 0 Å². The molecule has 2 saturated carbocycles. The lowest BCUT2D eigenvalue weighted by Crippen LogP contribution is -2.39. The van der Waals surface area contributed by atoms with Gasteiger partial charge in [0.1, 0.15) is 23.0 Å². The molecule has 304 valence electrons. The van der Waals surface area contributed by atoms with Crippen molar-refractivity contribution in [3.05, 3.63) is 179 Å². The Morgan fingerprint density at radius 2 is 0.898 bits per heavy atom. The first-order chi connectivity index (χ1) is 28.7. The lowest BCUT2D eigenvalue weighted by Gasteiger charge is -2.46. The molecule has 0 N–H and O–H groups in total. The first-order valence-corrected chi connectivity index (χ1v) is 21.9. The summed E-state index contributed by atoms with van der Waals surface area (Å²) in [5.41, 5.74) is 3.94. The summed E-state index contributed by atoms with van der Waals surface area (Å²) in [6.45, 7) is 5.02. The molecule has 9 heteroatoms. The topological polar surface area (TPSA) is 36.9 Å². The van der Waals surface area contributed by atoms with Crippen molar-refractivity contribution in [2.75, 3.05) is 13.2 Å². The van der Waals surface area contributed by atoms with Gasteiger partial charge in [0, 0.05) is 20.2 Å². The summed E-state index contributed by atoms with van der Waals surface area (Å²) in [5.74, 6) is 2.11. The third-order valence-electron chi connectivity index (χ3n) is 11.2. The van der Waals surface area contributed by atoms with Crippen LogP contribution in [0.15, 0.2) is 146 Å². The number of ether oxygens (including phenoxy) is 4. The van der Waals surface area contributed by atoms with E-state index in [0.29, 0.717) is 37.6 Å². The molecule has 0 aliphatic heterocycles. The van der Waals surface area contributed by atoms with Crippen LogP contribution in [0.1, 0.15) is 48.9 Å². The van der Waals surface area contributed by atoms with Crippen LogP contribution in [-0.2, 0) is 22.3 Å². The van der Waals surface area contributed by atoms with Crippen LogP contribution in [0.4, 0.5) is 8.78 Å². The smallest absolute Gasteiger partial charge is 0.165 e. The Balaban J connectivity index is 1.29. The van der Waals surface area contributed by atoms with Crippen molar-refractivity contribution in [1.82, 2.24) is 0 Å². The first kappa shape index (κ1) is 41.1. The van der Waals surface area contributed by atoms with E-state index >= 15 is 8.78 Å². The van der Waals surface area contributed by atoms with E-state index in [2.05, 4.69) is 24.3 Å². The normalized spacial score (nSPS) is 20.2. The quantitative estimate of drug-likeness (QED) is 0.0805. The van der Waals surface area contributed by atoms with Crippen LogP contribution in [0.25, 0.3) is 0 Å². The monoisotopic (exact) mass is 850 g/mol. The number of benzene rings is 6. The summed E-state index contributed by atoms with van der Waals surface area (Å²) in [6.07, 6.45) is 2.59. The summed E-state index contributed by atoms with van der Waals surface area (Å²) in [4.78, 5) is 0. The van der Waals surface area contributed by atoms with E-state index in [1.165, 1.54) is 12.1 Å². The summed E-state index contributed by atoms with van der Waals surface area (Å²) >= 11 is 16.3. The maximum absolute atomic E-state index is 15.5. The predicted octanol–water partition coefficient (Wildman–Crippen LogP) is 13.9. The molecule has 0 heterocycles. The highest BCUT2D eigenvalue weighted by atomic mass is 35.5. The van der Waals surface area contributed by atoms with Gasteiger partial charge in [0.25, 0.3) is 0 Å². The van der Waals surface area contributed by atoms with E-state index in [9.17, 15) is 0 Å². The number of para-hydroxylation sites is 2. The number of alkyl halides is 2. The molecule has 6 aromatic carbocycles. The lowest BCUT2D eigenvalue weighted by atomic mass is 9.85. The maximum Gasteiger partial charge on any atom is 0.165 e. The van der Waals surface area contributed by atoms with Gasteiger partial charge in [0.2, 0.25) is 0 Å². The molecule has 0 spiro atoms. The van der Waals surface area contributed by atoms with E-state index < -0.39 is 21.1 Å². The van der Waals surface area contributed by atoms with Gasteiger partial charge in [0.15, 0.2) is 23.1 Å². The average molecular weight is 852 g/mol. The van der Waals surface area contributed by atoms with Crippen LogP contribution in [0.2, 0.25) is 0 Å². The second-order valence-corrected chi connectivity index (χ2v) is 18.0. The van der Waals surface area contributed by atoms with Crippen LogP contribution in [0, 0.1) is 23.5 Å². The zero-order valence-corrected chi connectivity index (χ0v) is 35.3. The lowest BCUT2D eigenvalue weighted by molar-refractivity contribution is 0.340. The highest BCUT2D eigenvalue weighted by Gasteiger charge is 2.61.